The largest absolute Gasteiger partial charge is 0.393 e. The average Bonchev–Trinajstić information content (AvgIpc) is 2.90. The predicted molar refractivity (Wildman–Crippen MR) is 96.5 cm³/mol. The third-order valence-electron chi connectivity index (χ3n) is 8.56. The molecule has 0 amide bonds. The molecule has 8 atom stereocenters. The second-order valence-corrected chi connectivity index (χ2v) is 9.52. The van der Waals surface area contributed by atoms with Gasteiger partial charge >= 0.3 is 0 Å². The number of nitrogens with two attached hydrogens (primary N) is 1. The summed E-state index contributed by atoms with van der Waals surface area (Å²) in [4.78, 5) is 0. The van der Waals surface area contributed by atoms with Gasteiger partial charge in [-0.3, -0.25) is 0 Å². The first-order chi connectivity index (χ1) is 11.6. The van der Waals surface area contributed by atoms with E-state index in [1.165, 1.54) is 51.4 Å². The van der Waals surface area contributed by atoms with Gasteiger partial charge in [0.2, 0.25) is 0 Å². The van der Waals surface area contributed by atoms with E-state index in [9.17, 15) is 5.11 Å². The minimum absolute atomic E-state index is 0.0344. The number of aliphatic hydroxyl groups excluding tert-OH is 1. The summed E-state index contributed by atoms with van der Waals surface area (Å²) in [6.07, 6.45) is 13.2. The molecule has 4 aliphatic carbocycles. The molecular weight excluding hydrogens is 298 g/mol. The van der Waals surface area contributed by atoms with Crippen LogP contribution in [0.4, 0.5) is 0 Å². The first kappa shape index (κ1) is 17.3. The molecular formula is C21H37NO2. The normalized spacial score (nSPS) is 50.9. The summed E-state index contributed by atoms with van der Waals surface area (Å²) >= 11 is 0. The lowest BCUT2D eigenvalue weighted by Crippen LogP contribution is -2.50. The lowest BCUT2D eigenvalue weighted by molar-refractivity contribution is -0.0987. The number of rotatable bonds is 4. The molecule has 0 radical (unpaired) electrons. The number of ether oxygens (including phenoxy) is 1. The molecule has 0 saturated heterocycles. The van der Waals surface area contributed by atoms with Gasteiger partial charge in [-0.25, -0.2) is 0 Å². The van der Waals surface area contributed by atoms with Gasteiger partial charge in [-0.1, -0.05) is 6.92 Å². The summed E-state index contributed by atoms with van der Waals surface area (Å²) in [6.45, 7) is 3.98. The topological polar surface area (TPSA) is 55.5 Å². The molecule has 0 aromatic heterocycles. The summed E-state index contributed by atoms with van der Waals surface area (Å²) in [6, 6.07) is 0. The lowest BCUT2D eigenvalue weighted by atomic mass is 9.50. The molecule has 3 nitrogen and oxygen atoms in total. The fraction of sp³-hybridized carbons (Fsp3) is 1.00. The van der Waals surface area contributed by atoms with Crippen molar-refractivity contribution in [3.8, 4) is 0 Å². The third-order valence-corrected chi connectivity index (χ3v) is 8.56. The Balaban J connectivity index is 1.40. The Morgan fingerprint density at radius 3 is 2.67 bits per heavy atom. The molecule has 4 fully saturated rings. The zero-order valence-corrected chi connectivity index (χ0v) is 15.5. The minimum Gasteiger partial charge on any atom is -0.393 e. The molecule has 3 N–H and O–H groups in total. The van der Waals surface area contributed by atoms with E-state index in [1.807, 2.05) is 0 Å². The van der Waals surface area contributed by atoms with E-state index in [4.69, 9.17) is 10.5 Å². The highest BCUT2D eigenvalue weighted by molar-refractivity contribution is 5.06. The smallest absolute Gasteiger partial charge is 0.0596 e. The van der Waals surface area contributed by atoms with Gasteiger partial charge in [-0.15, -0.1) is 0 Å². The van der Waals surface area contributed by atoms with Crippen molar-refractivity contribution in [3.63, 3.8) is 0 Å². The van der Waals surface area contributed by atoms with Crippen molar-refractivity contribution in [1.82, 2.24) is 0 Å². The molecule has 0 heterocycles. The van der Waals surface area contributed by atoms with Crippen LogP contribution in [0, 0.1) is 35.0 Å². The van der Waals surface area contributed by atoms with Crippen LogP contribution in [0.5, 0.6) is 0 Å². The highest BCUT2D eigenvalue weighted by Gasteiger charge is 2.56. The van der Waals surface area contributed by atoms with Crippen molar-refractivity contribution in [2.75, 3.05) is 13.2 Å². The lowest BCUT2D eigenvalue weighted by Gasteiger charge is -2.55. The monoisotopic (exact) mass is 335 g/mol. The fourth-order valence-electron chi connectivity index (χ4n) is 7.27. The van der Waals surface area contributed by atoms with Gasteiger partial charge in [0.15, 0.2) is 0 Å². The van der Waals surface area contributed by atoms with E-state index in [0.29, 0.717) is 6.10 Å². The fourth-order valence-corrected chi connectivity index (χ4v) is 7.27. The van der Waals surface area contributed by atoms with Crippen LogP contribution in [-0.2, 0) is 4.74 Å². The van der Waals surface area contributed by atoms with Crippen LogP contribution in [0.2, 0.25) is 0 Å². The Bertz CT molecular complexity index is 442. The van der Waals surface area contributed by atoms with Crippen molar-refractivity contribution in [3.05, 3.63) is 0 Å². The molecule has 0 bridgehead atoms. The maximum Gasteiger partial charge on any atom is 0.0596 e. The van der Waals surface area contributed by atoms with E-state index < -0.39 is 0 Å². The summed E-state index contributed by atoms with van der Waals surface area (Å²) < 4.78 is 6.09. The molecule has 4 aliphatic rings. The van der Waals surface area contributed by atoms with Crippen molar-refractivity contribution in [2.45, 2.75) is 83.3 Å². The van der Waals surface area contributed by atoms with Crippen LogP contribution >= 0.6 is 0 Å². The SMILES string of the molecule is C[C@]12CC[C@H]3[C@@H](CC[C@H]4C[C@@H](OCCCN)CC[C@@H]43)[C@@H]1CCC2O. The standard InChI is InChI=1S/C21H37NO2/c1-21-10-9-17-16-6-4-15(24-12-2-11-22)13-14(16)3-5-18(17)19(21)7-8-20(21)23/h14-20,23H,2-13,22H2,1H3/t14-,15-,16-,17+,18+,19-,20?,21-/m0/s1. The molecule has 4 rings (SSSR count). The van der Waals surface area contributed by atoms with Crippen LogP contribution in [0.3, 0.4) is 0 Å². The maximum atomic E-state index is 10.5. The Morgan fingerprint density at radius 2 is 1.83 bits per heavy atom. The minimum atomic E-state index is -0.0344. The molecule has 0 aliphatic heterocycles. The molecule has 0 aromatic rings. The zero-order valence-electron chi connectivity index (χ0n) is 15.5. The van der Waals surface area contributed by atoms with E-state index in [1.54, 1.807) is 0 Å². The van der Waals surface area contributed by atoms with Gasteiger partial charge in [0, 0.05) is 6.61 Å². The Hall–Kier alpha value is -0.120. The molecule has 1 unspecified atom stereocenters. The average molecular weight is 336 g/mol. The molecule has 4 saturated carbocycles. The zero-order chi connectivity index (χ0) is 16.7. The summed E-state index contributed by atoms with van der Waals surface area (Å²) in [5, 5.41) is 10.5. The van der Waals surface area contributed by atoms with Crippen LogP contribution in [0.15, 0.2) is 0 Å². The second-order valence-electron chi connectivity index (χ2n) is 9.52. The highest BCUT2D eigenvalue weighted by atomic mass is 16.5. The van der Waals surface area contributed by atoms with Gasteiger partial charge in [0.1, 0.15) is 0 Å². The quantitative estimate of drug-likeness (QED) is 0.770. The maximum absolute atomic E-state index is 10.5. The molecule has 0 spiro atoms. The van der Waals surface area contributed by atoms with Crippen LogP contribution in [-0.4, -0.2) is 30.5 Å². The van der Waals surface area contributed by atoms with Gasteiger partial charge in [-0.05, 0) is 106 Å². The van der Waals surface area contributed by atoms with Crippen molar-refractivity contribution >= 4 is 0 Å². The summed E-state index contributed by atoms with van der Waals surface area (Å²) in [5.41, 5.74) is 5.82. The van der Waals surface area contributed by atoms with Gasteiger partial charge in [0.25, 0.3) is 0 Å². The Labute approximate surface area is 147 Å². The molecule has 0 aromatic carbocycles. The van der Waals surface area contributed by atoms with E-state index in [2.05, 4.69) is 6.92 Å². The molecule has 138 valence electrons. The van der Waals surface area contributed by atoms with Crippen molar-refractivity contribution < 1.29 is 9.84 Å². The van der Waals surface area contributed by atoms with E-state index in [0.717, 1.165) is 55.6 Å². The number of hydrogen-bond acceptors (Lipinski definition) is 3. The van der Waals surface area contributed by atoms with Crippen LogP contribution < -0.4 is 5.73 Å². The highest BCUT2D eigenvalue weighted by Crippen LogP contribution is 2.62. The third kappa shape index (κ3) is 2.85. The number of fused-ring (bicyclic) bond motifs is 5. The van der Waals surface area contributed by atoms with Crippen molar-refractivity contribution in [2.24, 2.45) is 40.7 Å². The van der Waals surface area contributed by atoms with Crippen LogP contribution in [0.25, 0.3) is 0 Å². The Morgan fingerprint density at radius 1 is 1.00 bits per heavy atom. The van der Waals surface area contributed by atoms with Gasteiger partial charge in [-0.2, -0.15) is 0 Å². The van der Waals surface area contributed by atoms with E-state index >= 15 is 0 Å². The predicted octanol–water partition coefficient (Wildman–Crippen LogP) is 3.73. The molecule has 3 heteroatoms. The first-order valence-electron chi connectivity index (χ1n) is 10.6. The number of aliphatic hydroxyl groups is 1. The second kappa shape index (κ2) is 6.89. The van der Waals surface area contributed by atoms with E-state index in [-0.39, 0.29) is 11.5 Å². The first-order valence-corrected chi connectivity index (χ1v) is 10.6. The molecule has 24 heavy (non-hydrogen) atoms. The van der Waals surface area contributed by atoms with Crippen molar-refractivity contribution in [1.29, 1.82) is 0 Å². The summed E-state index contributed by atoms with van der Waals surface area (Å²) in [7, 11) is 0. The summed E-state index contributed by atoms with van der Waals surface area (Å²) in [5.74, 6) is 4.48. The van der Waals surface area contributed by atoms with Gasteiger partial charge < -0.3 is 15.6 Å². The Kier molecular flexibility index (Phi) is 4.96. The number of hydrogen-bond donors (Lipinski definition) is 2. The van der Waals surface area contributed by atoms with Gasteiger partial charge in [0.05, 0.1) is 12.2 Å². The van der Waals surface area contributed by atoms with Crippen LogP contribution in [0.1, 0.15) is 71.1 Å².